The predicted molar refractivity (Wildman–Crippen MR) is 117 cm³/mol. The first-order valence-corrected chi connectivity index (χ1v) is 11.6. The van der Waals surface area contributed by atoms with E-state index in [0.29, 0.717) is 36.4 Å². The molecule has 2 aliphatic rings. The number of benzene rings is 2. The quantitative estimate of drug-likeness (QED) is 0.756. The van der Waals surface area contributed by atoms with E-state index in [-0.39, 0.29) is 29.9 Å². The van der Waals surface area contributed by atoms with Gasteiger partial charge in [0.05, 0.1) is 16.5 Å². The van der Waals surface area contributed by atoms with Gasteiger partial charge in [-0.15, -0.1) is 0 Å². The highest BCUT2D eigenvalue weighted by Gasteiger charge is 2.35. The summed E-state index contributed by atoms with van der Waals surface area (Å²) in [6.45, 7) is 3.91. The number of aryl methyl sites for hydroxylation is 2. The molecule has 2 aromatic rings. The summed E-state index contributed by atoms with van der Waals surface area (Å²) in [5.41, 5.74) is 2.66. The highest BCUT2D eigenvalue weighted by Crippen LogP contribution is 2.35. The number of amides is 2. The first-order chi connectivity index (χ1) is 14.8. The van der Waals surface area contributed by atoms with Gasteiger partial charge in [0.15, 0.2) is 6.61 Å². The molecule has 1 saturated heterocycles. The largest absolute Gasteiger partial charge is 0.482 e. The number of piperidine rings is 1. The number of nitrogens with zero attached hydrogens (tertiary/aromatic N) is 1. The first kappa shape index (κ1) is 21.3. The van der Waals surface area contributed by atoms with Crippen LogP contribution in [0.5, 0.6) is 5.75 Å². The minimum absolute atomic E-state index is 0.119. The summed E-state index contributed by atoms with van der Waals surface area (Å²) >= 11 is 0. The second-order valence-electron chi connectivity index (χ2n) is 7.96. The number of rotatable bonds is 4. The van der Waals surface area contributed by atoms with E-state index < -0.39 is 15.9 Å². The number of carbonyl (C=O) groups is 2. The van der Waals surface area contributed by atoms with Crippen molar-refractivity contribution in [2.45, 2.75) is 31.6 Å². The van der Waals surface area contributed by atoms with E-state index in [1.54, 1.807) is 13.0 Å². The zero-order chi connectivity index (χ0) is 22.2. The van der Waals surface area contributed by atoms with Crippen molar-refractivity contribution in [2.24, 2.45) is 5.92 Å². The summed E-state index contributed by atoms with van der Waals surface area (Å²) in [4.78, 5) is 24.5. The summed E-state index contributed by atoms with van der Waals surface area (Å²) in [6.07, 6.45) is 1.23. The predicted octanol–water partition coefficient (Wildman–Crippen LogP) is 2.67. The highest BCUT2D eigenvalue weighted by molar-refractivity contribution is 7.89. The number of ether oxygens (including phenoxy) is 1. The van der Waals surface area contributed by atoms with E-state index in [2.05, 4.69) is 10.6 Å². The van der Waals surface area contributed by atoms with Crippen LogP contribution in [-0.4, -0.2) is 44.2 Å². The summed E-state index contributed by atoms with van der Waals surface area (Å²) in [6, 6.07) is 10.6. The summed E-state index contributed by atoms with van der Waals surface area (Å²) in [5, 5.41) is 5.61. The lowest BCUT2D eigenvalue weighted by Crippen LogP contribution is -2.44. The summed E-state index contributed by atoms with van der Waals surface area (Å²) < 4.78 is 33.5. The molecular weight excluding hydrogens is 418 g/mol. The Kier molecular flexibility index (Phi) is 5.72. The van der Waals surface area contributed by atoms with Gasteiger partial charge < -0.3 is 15.4 Å². The minimum atomic E-state index is -3.83. The van der Waals surface area contributed by atoms with Crippen LogP contribution in [0.25, 0.3) is 0 Å². The Bertz CT molecular complexity index is 1150. The van der Waals surface area contributed by atoms with E-state index in [9.17, 15) is 18.0 Å². The van der Waals surface area contributed by atoms with Gasteiger partial charge in [0.25, 0.3) is 5.91 Å². The molecule has 4 rings (SSSR count). The third-order valence-corrected chi connectivity index (χ3v) is 7.69. The van der Waals surface area contributed by atoms with E-state index in [0.717, 1.165) is 11.3 Å². The maximum absolute atomic E-state index is 13.4. The van der Waals surface area contributed by atoms with Gasteiger partial charge in [-0.2, -0.15) is 4.31 Å². The molecule has 8 nitrogen and oxygen atoms in total. The van der Waals surface area contributed by atoms with Crippen LogP contribution in [0.2, 0.25) is 0 Å². The fourth-order valence-corrected chi connectivity index (χ4v) is 5.70. The van der Waals surface area contributed by atoms with Gasteiger partial charge in [0.2, 0.25) is 15.9 Å². The fraction of sp³-hybridized carbons (Fsp3) is 0.364. The molecule has 0 radical (unpaired) electrons. The van der Waals surface area contributed by atoms with Crippen molar-refractivity contribution in [2.75, 3.05) is 30.3 Å². The Morgan fingerprint density at radius 3 is 2.74 bits per heavy atom. The third-order valence-electron chi connectivity index (χ3n) is 5.69. The van der Waals surface area contributed by atoms with Gasteiger partial charge in [0.1, 0.15) is 5.75 Å². The zero-order valence-corrected chi connectivity index (χ0v) is 18.3. The second kappa shape index (κ2) is 8.32. The Morgan fingerprint density at radius 1 is 1.19 bits per heavy atom. The van der Waals surface area contributed by atoms with Crippen molar-refractivity contribution in [1.29, 1.82) is 0 Å². The van der Waals surface area contributed by atoms with Crippen molar-refractivity contribution in [1.82, 2.24) is 4.31 Å². The molecule has 2 aromatic carbocycles. The van der Waals surface area contributed by atoms with Crippen LogP contribution in [0, 0.1) is 19.8 Å². The average Bonchev–Trinajstić information content (AvgIpc) is 2.74. The van der Waals surface area contributed by atoms with Gasteiger partial charge >= 0.3 is 0 Å². The molecule has 2 amide bonds. The maximum atomic E-state index is 13.4. The van der Waals surface area contributed by atoms with E-state index in [4.69, 9.17) is 4.74 Å². The average molecular weight is 444 g/mol. The number of fused-ring (bicyclic) bond motifs is 1. The van der Waals surface area contributed by atoms with Crippen LogP contribution in [-0.2, 0) is 19.6 Å². The van der Waals surface area contributed by atoms with E-state index in [1.807, 2.05) is 31.2 Å². The smallest absolute Gasteiger partial charge is 0.262 e. The fourth-order valence-electron chi connectivity index (χ4n) is 3.96. The van der Waals surface area contributed by atoms with Gasteiger partial charge in [-0.05, 0) is 49.9 Å². The Balaban J connectivity index is 1.54. The van der Waals surface area contributed by atoms with Crippen molar-refractivity contribution in [3.8, 4) is 5.75 Å². The van der Waals surface area contributed by atoms with Crippen LogP contribution in [0.15, 0.2) is 41.3 Å². The lowest BCUT2D eigenvalue weighted by Gasteiger charge is -2.32. The van der Waals surface area contributed by atoms with Crippen molar-refractivity contribution < 1.29 is 22.7 Å². The van der Waals surface area contributed by atoms with E-state index >= 15 is 0 Å². The molecule has 1 unspecified atom stereocenters. The van der Waals surface area contributed by atoms with Crippen LogP contribution >= 0.6 is 0 Å². The molecule has 0 bridgehead atoms. The molecule has 2 aliphatic heterocycles. The topological polar surface area (TPSA) is 105 Å². The summed E-state index contributed by atoms with van der Waals surface area (Å²) in [5.74, 6) is -0.560. The molecule has 1 fully saturated rings. The first-order valence-electron chi connectivity index (χ1n) is 10.2. The lowest BCUT2D eigenvalue weighted by molar-refractivity contribution is -0.121. The van der Waals surface area contributed by atoms with Crippen molar-refractivity contribution in [3.63, 3.8) is 0 Å². The van der Waals surface area contributed by atoms with Gasteiger partial charge in [0, 0.05) is 24.8 Å². The van der Waals surface area contributed by atoms with Gasteiger partial charge in [-0.1, -0.05) is 18.2 Å². The number of hydrogen-bond acceptors (Lipinski definition) is 5. The minimum Gasteiger partial charge on any atom is -0.482 e. The number of hydrogen-bond donors (Lipinski definition) is 2. The Labute approximate surface area is 181 Å². The molecule has 2 N–H and O–H groups in total. The van der Waals surface area contributed by atoms with Gasteiger partial charge in [-0.3, -0.25) is 9.59 Å². The molecule has 1 atom stereocenters. The van der Waals surface area contributed by atoms with E-state index in [1.165, 1.54) is 10.4 Å². The normalized spacial score (nSPS) is 19.2. The number of nitrogens with one attached hydrogen (secondary N) is 2. The number of anilines is 2. The van der Waals surface area contributed by atoms with Crippen LogP contribution in [0.3, 0.4) is 0 Å². The number of carbonyl (C=O) groups excluding carboxylic acids is 2. The van der Waals surface area contributed by atoms with Crippen molar-refractivity contribution in [3.05, 3.63) is 47.5 Å². The molecule has 2 heterocycles. The lowest BCUT2D eigenvalue weighted by atomic mass is 9.98. The highest BCUT2D eigenvalue weighted by atomic mass is 32.2. The number of sulfonamides is 1. The molecule has 0 spiro atoms. The van der Waals surface area contributed by atoms with Crippen molar-refractivity contribution >= 4 is 33.2 Å². The van der Waals surface area contributed by atoms with Crippen LogP contribution in [0.1, 0.15) is 24.0 Å². The second-order valence-corrected chi connectivity index (χ2v) is 9.86. The zero-order valence-electron chi connectivity index (χ0n) is 17.5. The third kappa shape index (κ3) is 4.28. The molecule has 164 valence electrons. The summed E-state index contributed by atoms with van der Waals surface area (Å²) in [7, 11) is -3.83. The molecule has 0 saturated carbocycles. The van der Waals surface area contributed by atoms with Gasteiger partial charge in [-0.25, -0.2) is 8.42 Å². The molecule has 0 aromatic heterocycles. The molecular formula is C22H25N3O5S. The standard InChI is InChI=1S/C22H25N3O5S/c1-14-6-3-4-8-17(14)24-22(27)16-7-5-9-25(12-16)31(28,29)20-11-19-18(10-15(20)2)23-21(26)13-30-19/h3-4,6,8,10-11,16H,5,7,9,12-13H2,1-2H3,(H,23,26)(H,24,27). The Hall–Kier alpha value is -2.91. The van der Waals surface area contributed by atoms with Crippen LogP contribution in [0.4, 0.5) is 11.4 Å². The van der Waals surface area contributed by atoms with Crippen LogP contribution < -0.4 is 15.4 Å². The maximum Gasteiger partial charge on any atom is 0.262 e. The Morgan fingerprint density at radius 2 is 1.97 bits per heavy atom. The molecule has 31 heavy (non-hydrogen) atoms. The number of para-hydroxylation sites is 1. The molecule has 9 heteroatoms. The monoisotopic (exact) mass is 443 g/mol. The molecule has 0 aliphatic carbocycles. The SMILES string of the molecule is Cc1ccccc1NC(=O)C1CCCN(S(=O)(=O)c2cc3c(cc2C)NC(=O)CO3)C1.